The fourth-order valence-electron chi connectivity index (χ4n) is 2.71. The average molecular weight is 407 g/mol. The van der Waals surface area contributed by atoms with Crippen LogP contribution in [0.2, 0.25) is 10.0 Å². The Morgan fingerprint density at radius 1 is 1.19 bits per heavy atom. The van der Waals surface area contributed by atoms with Crippen molar-refractivity contribution in [3.63, 3.8) is 0 Å². The van der Waals surface area contributed by atoms with E-state index in [4.69, 9.17) is 41.2 Å². The van der Waals surface area contributed by atoms with Crippen LogP contribution < -0.4 is 21.7 Å². The first-order chi connectivity index (χ1) is 12.4. The third-order valence-corrected chi connectivity index (χ3v) is 4.90. The number of benzene rings is 2. The molecular formula is C18H16Cl2N4OS. The van der Waals surface area contributed by atoms with Crippen LogP contribution in [-0.4, -0.2) is 17.2 Å². The number of carbonyl (C=O) groups is 1. The molecule has 0 bridgehead atoms. The topological polar surface area (TPSA) is 79.2 Å². The molecule has 134 valence electrons. The fourth-order valence-corrected chi connectivity index (χ4v) is 3.24. The van der Waals surface area contributed by atoms with E-state index in [0.29, 0.717) is 27.0 Å². The van der Waals surface area contributed by atoms with Gasteiger partial charge in [-0.2, -0.15) is 0 Å². The molecule has 5 N–H and O–H groups in total. The van der Waals surface area contributed by atoms with Crippen LogP contribution in [0.1, 0.15) is 11.1 Å². The average Bonchev–Trinajstić information content (AvgIpc) is 2.58. The Morgan fingerprint density at radius 3 is 2.62 bits per heavy atom. The molecule has 1 aliphatic rings. The molecule has 2 aromatic carbocycles. The van der Waals surface area contributed by atoms with Crippen molar-refractivity contribution in [2.75, 3.05) is 5.32 Å². The largest absolute Gasteiger partial charge is 0.343 e. The molecule has 0 fully saturated rings. The highest BCUT2D eigenvalue weighted by molar-refractivity contribution is 7.80. The van der Waals surface area contributed by atoms with Gasteiger partial charge in [0.05, 0.1) is 10.0 Å². The Morgan fingerprint density at radius 2 is 1.92 bits per heavy atom. The van der Waals surface area contributed by atoms with Crippen molar-refractivity contribution in [3.8, 4) is 0 Å². The Labute approximate surface area is 166 Å². The predicted molar refractivity (Wildman–Crippen MR) is 110 cm³/mol. The molecule has 0 saturated heterocycles. The van der Waals surface area contributed by atoms with Gasteiger partial charge in [-0.05, 0) is 48.5 Å². The third kappa shape index (κ3) is 3.83. The van der Waals surface area contributed by atoms with Crippen LogP contribution in [-0.2, 0) is 4.79 Å². The molecule has 5 nitrogen and oxygen atoms in total. The van der Waals surface area contributed by atoms with Crippen LogP contribution in [0.15, 0.2) is 48.2 Å². The van der Waals surface area contributed by atoms with Crippen LogP contribution in [0.5, 0.6) is 0 Å². The first kappa shape index (κ1) is 18.7. The lowest BCUT2D eigenvalue weighted by molar-refractivity contribution is -0.113. The summed E-state index contributed by atoms with van der Waals surface area (Å²) in [7, 11) is 0. The van der Waals surface area contributed by atoms with E-state index in [1.165, 1.54) is 0 Å². The number of carbonyl (C=O) groups excluding carboxylic acids is 1. The highest BCUT2D eigenvalue weighted by atomic mass is 35.5. The maximum absolute atomic E-state index is 12.9. The number of anilines is 1. The Kier molecular flexibility index (Phi) is 5.48. The number of aryl methyl sites for hydroxylation is 1. The second kappa shape index (κ2) is 7.63. The minimum atomic E-state index is -0.612. The Balaban J connectivity index is 2.03. The molecule has 0 spiro atoms. The molecule has 1 aliphatic heterocycles. The second-order valence-electron chi connectivity index (χ2n) is 5.76. The van der Waals surface area contributed by atoms with Gasteiger partial charge in [0, 0.05) is 11.3 Å². The zero-order chi connectivity index (χ0) is 18.8. The highest BCUT2D eigenvalue weighted by Crippen LogP contribution is 2.28. The number of halogens is 2. The van der Waals surface area contributed by atoms with Gasteiger partial charge in [-0.3, -0.25) is 4.79 Å². The van der Waals surface area contributed by atoms with Crippen LogP contribution in [0.25, 0.3) is 5.57 Å². The zero-order valence-corrected chi connectivity index (χ0v) is 16.1. The smallest absolute Gasteiger partial charge is 0.272 e. The van der Waals surface area contributed by atoms with Crippen molar-refractivity contribution >= 4 is 57.7 Å². The van der Waals surface area contributed by atoms with Crippen LogP contribution in [0.3, 0.4) is 0 Å². The molecule has 0 radical (unpaired) electrons. The molecule has 0 aromatic heterocycles. The van der Waals surface area contributed by atoms with Crippen molar-refractivity contribution in [1.29, 1.82) is 0 Å². The quantitative estimate of drug-likeness (QED) is 0.587. The summed E-state index contributed by atoms with van der Waals surface area (Å²) in [5.74, 6) is -0.374. The summed E-state index contributed by atoms with van der Waals surface area (Å²) in [5, 5.41) is 9.70. The number of rotatable bonds is 3. The van der Waals surface area contributed by atoms with Gasteiger partial charge in [-0.1, -0.05) is 47.5 Å². The Hall–Kier alpha value is -2.12. The van der Waals surface area contributed by atoms with Gasteiger partial charge in [-0.15, -0.1) is 0 Å². The molecule has 2 aromatic rings. The van der Waals surface area contributed by atoms with Gasteiger partial charge in [0.15, 0.2) is 5.11 Å². The number of nitrogens with one attached hydrogen (secondary N) is 3. The van der Waals surface area contributed by atoms with E-state index in [-0.39, 0.29) is 11.0 Å². The fraction of sp³-hybridized carbons (Fsp3) is 0.111. The second-order valence-corrected chi connectivity index (χ2v) is 6.99. The maximum Gasteiger partial charge on any atom is 0.272 e. The maximum atomic E-state index is 12.9. The predicted octanol–water partition coefficient (Wildman–Crippen LogP) is 3.41. The molecule has 8 heteroatoms. The van der Waals surface area contributed by atoms with Gasteiger partial charge >= 0.3 is 0 Å². The number of nitrogens with two attached hydrogens (primary N) is 1. The first-order valence-electron chi connectivity index (χ1n) is 7.76. The summed E-state index contributed by atoms with van der Waals surface area (Å²) in [6, 6.07) is 12.5. The molecule has 1 unspecified atom stereocenters. The summed E-state index contributed by atoms with van der Waals surface area (Å²) in [6.45, 7) is 1.95. The van der Waals surface area contributed by atoms with E-state index in [0.717, 1.165) is 11.1 Å². The number of amides is 1. The minimum Gasteiger partial charge on any atom is -0.343 e. The van der Waals surface area contributed by atoms with Gasteiger partial charge in [0.2, 0.25) is 0 Å². The molecule has 3 rings (SSSR count). The van der Waals surface area contributed by atoms with Crippen molar-refractivity contribution in [1.82, 2.24) is 10.6 Å². The van der Waals surface area contributed by atoms with E-state index in [9.17, 15) is 4.79 Å². The molecule has 1 amide bonds. The lowest BCUT2D eigenvalue weighted by Gasteiger charge is -2.29. The summed E-state index contributed by atoms with van der Waals surface area (Å²) in [4.78, 5) is 12.9. The first-order valence-corrected chi connectivity index (χ1v) is 8.93. The Bertz CT molecular complexity index is 929. The van der Waals surface area contributed by atoms with Gasteiger partial charge in [0.25, 0.3) is 5.91 Å². The summed E-state index contributed by atoms with van der Waals surface area (Å²) in [5.41, 5.74) is 9.52. The van der Waals surface area contributed by atoms with E-state index in [1.807, 2.05) is 31.2 Å². The monoisotopic (exact) mass is 406 g/mol. The van der Waals surface area contributed by atoms with Gasteiger partial charge in [0.1, 0.15) is 11.9 Å². The van der Waals surface area contributed by atoms with Crippen LogP contribution >= 0.6 is 35.4 Å². The minimum absolute atomic E-state index is 0.286. The third-order valence-electron chi connectivity index (χ3n) is 3.95. The number of hydrogen-bond donors (Lipinski definition) is 4. The van der Waals surface area contributed by atoms with E-state index < -0.39 is 6.17 Å². The molecule has 1 atom stereocenters. The summed E-state index contributed by atoms with van der Waals surface area (Å²) >= 11 is 17.1. The summed E-state index contributed by atoms with van der Waals surface area (Å²) in [6.07, 6.45) is -0.612. The zero-order valence-electron chi connectivity index (χ0n) is 13.8. The van der Waals surface area contributed by atoms with E-state index in [1.54, 1.807) is 18.2 Å². The standard InChI is InChI=1S/C18H16Cl2N4OS/c1-9-4-2-3-5-11(9)14-15(23-18(26)24-16(14)21)17(25)22-10-6-7-12(19)13(20)8-10/h2-8,16H,21H2,1H3,(H,22,25)(H2,23,24,26). The number of thiocarbonyl (C=S) groups is 1. The van der Waals surface area contributed by atoms with Crippen molar-refractivity contribution in [3.05, 3.63) is 69.3 Å². The molecular weight excluding hydrogens is 391 g/mol. The molecule has 0 saturated carbocycles. The van der Waals surface area contributed by atoms with Gasteiger partial charge < -0.3 is 21.7 Å². The van der Waals surface area contributed by atoms with Crippen molar-refractivity contribution in [2.24, 2.45) is 5.73 Å². The number of hydrogen-bond acceptors (Lipinski definition) is 3. The van der Waals surface area contributed by atoms with Crippen LogP contribution in [0.4, 0.5) is 5.69 Å². The van der Waals surface area contributed by atoms with E-state index in [2.05, 4.69) is 16.0 Å². The lowest BCUT2D eigenvalue weighted by atomic mass is 9.95. The normalized spacial score (nSPS) is 16.8. The summed E-state index contributed by atoms with van der Waals surface area (Å²) < 4.78 is 0. The molecule has 26 heavy (non-hydrogen) atoms. The highest BCUT2D eigenvalue weighted by Gasteiger charge is 2.28. The molecule has 1 heterocycles. The van der Waals surface area contributed by atoms with Gasteiger partial charge in [-0.25, -0.2) is 0 Å². The van der Waals surface area contributed by atoms with E-state index >= 15 is 0 Å². The van der Waals surface area contributed by atoms with Crippen molar-refractivity contribution in [2.45, 2.75) is 13.1 Å². The lowest BCUT2D eigenvalue weighted by Crippen LogP contribution is -2.53. The SMILES string of the molecule is Cc1ccccc1C1=C(C(=O)Nc2ccc(Cl)c(Cl)c2)NC(=S)NC1N. The van der Waals surface area contributed by atoms with Crippen LogP contribution in [0, 0.1) is 6.92 Å². The molecule has 0 aliphatic carbocycles. The van der Waals surface area contributed by atoms with Crippen molar-refractivity contribution < 1.29 is 4.79 Å².